The highest BCUT2D eigenvalue weighted by molar-refractivity contribution is 5.94. The summed E-state index contributed by atoms with van der Waals surface area (Å²) in [6.45, 7) is 0.882. The first-order valence-corrected chi connectivity index (χ1v) is 6.84. The predicted molar refractivity (Wildman–Crippen MR) is 81.2 cm³/mol. The highest BCUT2D eigenvalue weighted by Gasteiger charge is 2.08. The Kier molecular flexibility index (Phi) is 3.69. The molecule has 0 aliphatic rings. The minimum absolute atomic E-state index is 0.306. The molecule has 21 heavy (non-hydrogen) atoms. The highest BCUT2D eigenvalue weighted by atomic mass is 16.5. The van der Waals surface area contributed by atoms with E-state index in [4.69, 9.17) is 4.74 Å². The number of rotatable bonds is 4. The van der Waals surface area contributed by atoms with Crippen LogP contribution in [0.15, 0.2) is 55.0 Å². The molecule has 1 aromatic carbocycles. The third-order valence-corrected chi connectivity index (χ3v) is 3.56. The van der Waals surface area contributed by atoms with Gasteiger partial charge in [-0.2, -0.15) is 0 Å². The fraction of sp³-hybridized carbons (Fsp3) is 0.176. The summed E-state index contributed by atoms with van der Waals surface area (Å²) >= 11 is 0. The van der Waals surface area contributed by atoms with E-state index in [-0.39, 0.29) is 5.97 Å². The van der Waals surface area contributed by atoms with Crippen LogP contribution in [0, 0.1) is 0 Å². The first-order valence-electron chi connectivity index (χ1n) is 6.84. The van der Waals surface area contributed by atoms with Gasteiger partial charge in [0.25, 0.3) is 0 Å². The number of esters is 1. The summed E-state index contributed by atoms with van der Waals surface area (Å²) < 4.78 is 6.93. The van der Waals surface area contributed by atoms with Gasteiger partial charge in [-0.15, -0.1) is 0 Å². The van der Waals surface area contributed by atoms with Crippen molar-refractivity contribution in [3.8, 4) is 0 Å². The summed E-state index contributed by atoms with van der Waals surface area (Å²) in [7, 11) is 1.39. The summed E-state index contributed by atoms with van der Waals surface area (Å²) in [5.41, 5.74) is 2.91. The molecule has 0 spiro atoms. The van der Waals surface area contributed by atoms with Crippen LogP contribution >= 0.6 is 0 Å². The van der Waals surface area contributed by atoms with Gasteiger partial charge in [-0.25, -0.2) is 4.79 Å². The predicted octanol–water partition coefficient (Wildman–Crippen LogP) is 3.07. The Balaban J connectivity index is 1.82. The molecule has 106 valence electrons. The fourth-order valence-electron chi connectivity index (χ4n) is 2.44. The summed E-state index contributed by atoms with van der Waals surface area (Å²) in [4.78, 5) is 15.7. The van der Waals surface area contributed by atoms with E-state index in [9.17, 15) is 4.79 Å². The van der Waals surface area contributed by atoms with Gasteiger partial charge < -0.3 is 9.30 Å². The van der Waals surface area contributed by atoms with Gasteiger partial charge in [0.2, 0.25) is 0 Å². The molecule has 2 aromatic heterocycles. The average molecular weight is 280 g/mol. The molecule has 0 saturated heterocycles. The van der Waals surface area contributed by atoms with Crippen molar-refractivity contribution in [2.24, 2.45) is 0 Å². The zero-order chi connectivity index (χ0) is 14.7. The molecule has 0 N–H and O–H groups in total. The van der Waals surface area contributed by atoms with E-state index in [2.05, 4.69) is 15.6 Å². The second-order valence-corrected chi connectivity index (χ2v) is 4.89. The van der Waals surface area contributed by atoms with Crippen LogP contribution in [0.5, 0.6) is 0 Å². The van der Waals surface area contributed by atoms with Crippen molar-refractivity contribution in [1.29, 1.82) is 0 Å². The summed E-state index contributed by atoms with van der Waals surface area (Å²) in [6, 6.07) is 11.7. The lowest BCUT2D eigenvalue weighted by atomic mass is 10.1. The molecule has 0 atom stereocenters. The molecule has 0 radical (unpaired) electrons. The van der Waals surface area contributed by atoms with Gasteiger partial charge in [0, 0.05) is 36.0 Å². The first-order chi connectivity index (χ1) is 10.3. The van der Waals surface area contributed by atoms with Gasteiger partial charge in [-0.1, -0.05) is 6.07 Å². The number of pyridine rings is 1. The molecule has 0 unspecified atom stereocenters. The molecular formula is C17H16N2O2. The van der Waals surface area contributed by atoms with E-state index in [1.165, 1.54) is 12.7 Å². The Morgan fingerprint density at radius 2 is 2.19 bits per heavy atom. The molecule has 0 fully saturated rings. The number of aryl methyl sites for hydroxylation is 2. The quantitative estimate of drug-likeness (QED) is 0.690. The van der Waals surface area contributed by atoms with Crippen LogP contribution in [0.4, 0.5) is 0 Å². The fourth-order valence-corrected chi connectivity index (χ4v) is 2.44. The van der Waals surface area contributed by atoms with Crippen LogP contribution < -0.4 is 0 Å². The smallest absolute Gasteiger partial charge is 0.337 e. The summed E-state index contributed by atoms with van der Waals surface area (Å²) in [6.07, 6.45) is 6.64. The highest BCUT2D eigenvalue weighted by Crippen LogP contribution is 2.19. The lowest BCUT2D eigenvalue weighted by molar-refractivity contribution is 0.0601. The largest absolute Gasteiger partial charge is 0.465 e. The van der Waals surface area contributed by atoms with Crippen LogP contribution in [0.1, 0.15) is 15.9 Å². The number of methoxy groups -OCH3 is 1. The Morgan fingerprint density at radius 3 is 2.95 bits per heavy atom. The minimum atomic E-state index is -0.306. The van der Waals surface area contributed by atoms with Gasteiger partial charge in [0.05, 0.1) is 12.7 Å². The van der Waals surface area contributed by atoms with E-state index in [1.54, 1.807) is 12.3 Å². The number of carbonyl (C=O) groups excluding carboxylic acids is 1. The molecule has 0 saturated carbocycles. The molecular weight excluding hydrogens is 264 g/mol. The average Bonchev–Trinajstić information content (AvgIpc) is 2.95. The number of fused-ring (bicyclic) bond motifs is 1. The summed E-state index contributed by atoms with van der Waals surface area (Å²) in [5, 5.41) is 1.05. The van der Waals surface area contributed by atoms with E-state index in [0.717, 1.165) is 23.9 Å². The van der Waals surface area contributed by atoms with Crippen molar-refractivity contribution in [2.45, 2.75) is 13.0 Å². The van der Waals surface area contributed by atoms with Gasteiger partial charge >= 0.3 is 5.97 Å². The lowest BCUT2D eigenvalue weighted by Gasteiger charge is -2.06. The molecule has 0 aliphatic heterocycles. The second kappa shape index (κ2) is 5.79. The van der Waals surface area contributed by atoms with Crippen LogP contribution in [0.25, 0.3) is 10.9 Å². The SMILES string of the molecule is COC(=O)c1ccc2c(ccn2CCc2cccnc2)c1. The topological polar surface area (TPSA) is 44.1 Å². The Hall–Kier alpha value is -2.62. The maximum absolute atomic E-state index is 11.5. The van der Waals surface area contributed by atoms with Crippen LogP contribution in [-0.4, -0.2) is 22.6 Å². The van der Waals surface area contributed by atoms with Crippen molar-refractivity contribution in [1.82, 2.24) is 9.55 Å². The Morgan fingerprint density at radius 1 is 1.29 bits per heavy atom. The number of aromatic nitrogens is 2. The van der Waals surface area contributed by atoms with E-state index in [1.807, 2.05) is 36.7 Å². The number of ether oxygens (including phenoxy) is 1. The van der Waals surface area contributed by atoms with Gasteiger partial charge in [0.1, 0.15) is 0 Å². The van der Waals surface area contributed by atoms with Crippen molar-refractivity contribution >= 4 is 16.9 Å². The molecule has 4 nitrogen and oxygen atoms in total. The van der Waals surface area contributed by atoms with Crippen molar-refractivity contribution < 1.29 is 9.53 Å². The Bertz CT molecular complexity index is 763. The minimum Gasteiger partial charge on any atom is -0.465 e. The zero-order valence-corrected chi connectivity index (χ0v) is 11.8. The molecule has 4 heteroatoms. The first kappa shape index (κ1) is 13.4. The van der Waals surface area contributed by atoms with Gasteiger partial charge in [-0.3, -0.25) is 4.98 Å². The van der Waals surface area contributed by atoms with Crippen LogP contribution in [0.2, 0.25) is 0 Å². The standard InChI is InChI=1S/C17H16N2O2/c1-21-17(20)15-4-5-16-14(11-15)7-10-19(16)9-6-13-3-2-8-18-12-13/h2-5,7-8,10-12H,6,9H2,1H3. The van der Waals surface area contributed by atoms with E-state index >= 15 is 0 Å². The number of benzene rings is 1. The van der Waals surface area contributed by atoms with Gasteiger partial charge in [0.15, 0.2) is 0 Å². The van der Waals surface area contributed by atoms with Crippen molar-refractivity contribution in [2.75, 3.05) is 7.11 Å². The van der Waals surface area contributed by atoms with Gasteiger partial charge in [-0.05, 0) is 42.3 Å². The number of nitrogens with zero attached hydrogens (tertiary/aromatic N) is 2. The van der Waals surface area contributed by atoms with Crippen molar-refractivity contribution in [3.05, 3.63) is 66.1 Å². The Labute approximate surface area is 123 Å². The van der Waals surface area contributed by atoms with Crippen molar-refractivity contribution in [3.63, 3.8) is 0 Å². The molecule has 2 heterocycles. The molecule has 0 bridgehead atoms. The lowest BCUT2D eigenvalue weighted by Crippen LogP contribution is -2.02. The third kappa shape index (κ3) is 2.79. The maximum Gasteiger partial charge on any atom is 0.337 e. The third-order valence-electron chi connectivity index (χ3n) is 3.56. The number of hydrogen-bond acceptors (Lipinski definition) is 3. The maximum atomic E-state index is 11.5. The zero-order valence-electron chi connectivity index (χ0n) is 11.8. The molecule has 3 rings (SSSR count). The van der Waals surface area contributed by atoms with E-state index in [0.29, 0.717) is 5.56 Å². The summed E-state index contributed by atoms with van der Waals surface area (Å²) in [5.74, 6) is -0.306. The van der Waals surface area contributed by atoms with E-state index < -0.39 is 0 Å². The molecule has 0 amide bonds. The normalized spacial score (nSPS) is 10.7. The molecule has 3 aromatic rings. The number of carbonyl (C=O) groups is 1. The number of hydrogen-bond donors (Lipinski definition) is 0. The molecule has 0 aliphatic carbocycles. The van der Waals surface area contributed by atoms with Crippen LogP contribution in [-0.2, 0) is 17.7 Å². The monoisotopic (exact) mass is 280 g/mol. The van der Waals surface area contributed by atoms with Crippen LogP contribution in [0.3, 0.4) is 0 Å². The second-order valence-electron chi connectivity index (χ2n) is 4.89.